The van der Waals surface area contributed by atoms with Gasteiger partial charge < -0.3 is 15.8 Å². The van der Waals surface area contributed by atoms with Crippen molar-refractivity contribution < 1.29 is 19.1 Å². The topological polar surface area (TPSA) is 116 Å². The third-order valence-corrected chi connectivity index (χ3v) is 6.14. The molecule has 2 aromatic rings. The maximum atomic E-state index is 12.4. The Morgan fingerprint density at radius 3 is 2.63 bits per heavy atom. The van der Waals surface area contributed by atoms with Gasteiger partial charge in [-0.3, -0.25) is 14.3 Å². The minimum atomic E-state index is -0.649. The van der Waals surface area contributed by atoms with Crippen LogP contribution in [0.4, 0.5) is 5.00 Å². The minimum absolute atomic E-state index is 0.172. The molecule has 27 heavy (non-hydrogen) atoms. The molecule has 0 fully saturated rings. The first-order valence-corrected chi connectivity index (χ1v) is 10.2. The summed E-state index contributed by atoms with van der Waals surface area (Å²) in [6.45, 7) is 6.08. The van der Waals surface area contributed by atoms with Gasteiger partial charge in [0.05, 0.1) is 33.4 Å². The highest BCUT2D eigenvalue weighted by atomic mass is 127. The van der Waals surface area contributed by atoms with Crippen molar-refractivity contribution in [3.8, 4) is 0 Å². The third kappa shape index (κ3) is 5.06. The fraction of sp³-hybridized carbons (Fsp3) is 0.412. The van der Waals surface area contributed by atoms with Crippen LogP contribution < -0.4 is 11.1 Å². The molecular weight excluding hydrogens is 483 g/mol. The lowest BCUT2D eigenvalue weighted by Crippen LogP contribution is -2.17. The van der Waals surface area contributed by atoms with Crippen LogP contribution in [0.3, 0.4) is 0 Å². The first kappa shape index (κ1) is 21.4. The number of nitrogens with zero attached hydrogens (tertiary/aromatic N) is 2. The molecule has 0 bridgehead atoms. The van der Waals surface area contributed by atoms with Crippen molar-refractivity contribution >= 4 is 56.7 Å². The summed E-state index contributed by atoms with van der Waals surface area (Å²) >= 11 is 3.16. The number of halogens is 1. The van der Waals surface area contributed by atoms with E-state index in [4.69, 9.17) is 10.5 Å². The van der Waals surface area contributed by atoms with Gasteiger partial charge in [-0.15, -0.1) is 11.3 Å². The van der Waals surface area contributed by atoms with Crippen LogP contribution in [-0.2, 0) is 16.1 Å². The highest BCUT2D eigenvalue weighted by Gasteiger charge is 2.25. The molecule has 0 aliphatic heterocycles. The third-order valence-electron chi connectivity index (χ3n) is 3.86. The fourth-order valence-electron chi connectivity index (χ4n) is 2.40. The molecule has 0 unspecified atom stereocenters. The SMILES string of the molecule is CCCOC(=O)c1c(NC(=O)CCn2ncc(I)c2C)sc(C(N)=O)c1C. The molecule has 2 aromatic heterocycles. The summed E-state index contributed by atoms with van der Waals surface area (Å²) in [5.74, 6) is -1.52. The Kier molecular flexibility index (Phi) is 7.36. The summed E-state index contributed by atoms with van der Waals surface area (Å²) in [5.41, 5.74) is 6.96. The Morgan fingerprint density at radius 1 is 1.37 bits per heavy atom. The van der Waals surface area contributed by atoms with Crippen LogP contribution in [0.1, 0.15) is 51.1 Å². The van der Waals surface area contributed by atoms with E-state index in [1.807, 2.05) is 13.8 Å². The van der Waals surface area contributed by atoms with Gasteiger partial charge in [-0.2, -0.15) is 5.10 Å². The predicted octanol–water partition coefficient (Wildman–Crippen LogP) is 2.86. The van der Waals surface area contributed by atoms with E-state index in [1.54, 1.807) is 17.8 Å². The van der Waals surface area contributed by atoms with Gasteiger partial charge in [0, 0.05) is 12.1 Å². The molecule has 10 heteroatoms. The standard InChI is InChI=1S/C17H21IN4O4S/c1-4-7-26-17(25)13-9(2)14(15(19)24)27-16(13)21-12(23)5-6-22-10(3)11(18)8-20-22/h8H,4-7H2,1-3H3,(H2,19,24)(H,21,23). The first-order chi connectivity index (χ1) is 12.8. The summed E-state index contributed by atoms with van der Waals surface area (Å²) in [6.07, 6.45) is 2.57. The molecule has 0 radical (unpaired) electrons. The van der Waals surface area contributed by atoms with Crippen molar-refractivity contribution in [2.24, 2.45) is 5.73 Å². The molecule has 0 atom stereocenters. The summed E-state index contributed by atoms with van der Waals surface area (Å²) in [5, 5.41) is 7.20. The second kappa shape index (κ2) is 9.31. The fourth-order valence-corrected chi connectivity index (χ4v) is 3.86. The molecule has 0 aromatic carbocycles. The summed E-state index contributed by atoms with van der Waals surface area (Å²) in [6, 6.07) is 0. The van der Waals surface area contributed by atoms with Crippen molar-refractivity contribution in [2.75, 3.05) is 11.9 Å². The number of rotatable bonds is 8. The minimum Gasteiger partial charge on any atom is -0.462 e. The van der Waals surface area contributed by atoms with Gasteiger partial charge in [0.25, 0.3) is 5.91 Å². The van der Waals surface area contributed by atoms with Crippen LogP contribution >= 0.6 is 33.9 Å². The second-order valence-electron chi connectivity index (χ2n) is 5.86. The lowest BCUT2D eigenvalue weighted by Gasteiger charge is -2.08. The lowest BCUT2D eigenvalue weighted by atomic mass is 10.1. The van der Waals surface area contributed by atoms with Crippen LogP contribution in [0.5, 0.6) is 0 Å². The van der Waals surface area contributed by atoms with E-state index in [-0.39, 0.29) is 34.4 Å². The summed E-state index contributed by atoms with van der Waals surface area (Å²) in [4.78, 5) is 36.6. The summed E-state index contributed by atoms with van der Waals surface area (Å²) in [7, 11) is 0. The smallest absolute Gasteiger partial charge is 0.341 e. The van der Waals surface area contributed by atoms with Crippen molar-refractivity contribution in [1.82, 2.24) is 9.78 Å². The number of esters is 1. The second-order valence-corrected chi connectivity index (χ2v) is 8.04. The molecule has 0 spiro atoms. The zero-order valence-corrected chi connectivity index (χ0v) is 18.3. The number of amides is 2. The molecule has 146 valence electrons. The van der Waals surface area contributed by atoms with Gasteiger partial charge in [0.1, 0.15) is 5.00 Å². The number of nitrogens with one attached hydrogen (secondary N) is 1. The number of aromatic nitrogens is 2. The lowest BCUT2D eigenvalue weighted by molar-refractivity contribution is -0.116. The predicted molar refractivity (Wildman–Crippen MR) is 111 cm³/mol. The van der Waals surface area contributed by atoms with Gasteiger partial charge in [-0.25, -0.2) is 4.79 Å². The highest BCUT2D eigenvalue weighted by molar-refractivity contribution is 14.1. The molecular formula is C17H21IN4O4S. The van der Waals surface area contributed by atoms with Crippen molar-refractivity contribution in [3.63, 3.8) is 0 Å². The number of aryl methyl sites for hydroxylation is 1. The van der Waals surface area contributed by atoms with Gasteiger partial charge in [0.15, 0.2) is 0 Å². The number of primary amides is 1. The number of ether oxygens (including phenoxy) is 1. The number of nitrogens with two attached hydrogens (primary N) is 1. The van der Waals surface area contributed by atoms with E-state index in [0.29, 0.717) is 18.5 Å². The van der Waals surface area contributed by atoms with Gasteiger partial charge in [0.2, 0.25) is 5.91 Å². The van der Waals surface area contributed by atoms with Crippen LogP contribution in [0.15, 0.2) is 6.20 Å². The number of thiophene rings is 1. The average molecular weight is 504 g/mol. The van der Waals surface area contributed by atoms with E-state index < -0.39 is 11.9 Å². The molecule has 8 nitrogen and oxygen atoms in total. The van der Waals surface area contributed by atoms with Crippen LogP contribution in [0.25, 0.3) is 0 Å². The number of anilines is 1. The van der Waals surface area contributed by atoms with E-state index in [1.165, 1.54) is 0 Å². The van der Waals surface area contributed by atoms with Crippen LogP contribution in [0.2, 0.25) is 0 Å². The van der Waals surface area contributed by atoms with Gasteiger partial charge >= 0.3 is 5.97 Å². The Labute approximate surface area is 174 Å². The number of hydrogen-bond acceptors (Lipinski definition) is 6. The molecule has 0 aliphatic carbocycles. The van der Waals surface area contributed by atoms with Crippen molar-refractivity contribution in [1.29, 1.82) is 0 Å². The Balaban J connectivity index is 2.17. The summed E-state index contributed by atoms with van der Waals surface area (Å²) < 4.78 is 7.94. The van der Waals surface area contributed by atoms with Crippen molar-refractivity contribution in [3.05, 3.63) is 31.5 Å². The Hall–Kier alpha value is -1.95. The van der Waals surface area contributed by atoms with Crippen LogP contribution in [0, 0.1) is 17.4 Å². The molecule has 2 heterocycles. The van der Waals surface area contributed by atoms with E-state index in [9.17, 15) is 14.4 Å². The molecule has 0 aliphatic rings. The first-order valence-electron chi connectivity index (χ1n) is 8.34. The van der Waals surface area contributed by atoms with Crippen LogP contribution in [-0.4, -0.2) is 34.2 Å². The number of carbonyl (C=O) groups is 3. The van der Waals surface area contributed by atoms with E-state index >= 15 is 0 Å². The monoisotopic (exact) mass is 504 g/mol. The van der Waals surface area contributed by atoms with Crippen molar-refractivity contribution in [2.45, 2.75) is 40.2 Å². The zero-order valence-electron chi connectivity index (χ0n) is 15.3. The van der Waals surface area contributed by atoms with Gasteiger partial charge in [-0.1, -0.05) is 6.92 Å². The largest absolute Gasteiger partial charge is 0.462 e. The molecule has 0 saturated heterocycles. The number of carbonyl (C=O) groups excluding carboxylic acids is 3. The maximum Gasteiger partial charge on any atom is 0.341 e. The molecule has 3 N–H and O–H groups in total. The molecule has 2 amide bonds. The molecule has 2 rings (SSSR count). The quantitative estimate of drug-likeness (QED) is 0.424. The Bertz CT molecular complexity index is 875. The van der Waals surface area contributed by atoms with E-state index in [0.717, 1.165) is 20.6 Å². The average Bonchev–Trinajstić information content (AvgIpc) is 3.11. The zero-order chi connectivity index (χ0) is 20.1. The normalized spacial score (nSPS) is 10.7. The van der Waals surface area contributed by atoms with E-state index in [2.05, 4.69) is 33.0 Å². The highest BCUT2D eigenvalue weighted by Crippen LogP contribution is 2.33. The number of hydrogen-bond donors (Lipinski definition) is 2. The Morgan fingerprint density at radius 2 is 2.07 bits per heavy atom. The molecule has 0 saturated carbocycles. The van der Waals surface area contributed by atoms with Gasteiger partial charge in [-0.05, 0) is 48.4 Å². The maximum absolute atomic E-state index is 12.4.